The fraction of sp³-hybridized carbons (Fsp3) is 0.467. The molecule has 1 aromatic rings. The molecule has 0 aliphatic heterocycles. The van der Waals surface area contributed by atoms with Gasteiger partial charge in [0, 0.05) is 10.0 Å². The summed E-state index contributed by atoms with van der Waals surface area (Å²) in [5, 5.41) is 5.01. The van der Waals surface area contributed by atoms with Crippen molar-refractivity contribution in [2.24, 2.45) is 0 Å². The van der Waals surface area contributed by atoms with Crippen LogP contribution in [0.15, 0.2) is 29.8 Å². The molecule has 98 valence electrons. The minimum atomic E-state index is 0.267. The van der Waals surface area contributed by atoms with Gasteiger partial charge in [0.2, 0.25) is 0 Å². The zero-order valence-corrected chi connectivity index (χ0v) is 12.2. The molecular weight excluding hydrogens is 265 g/mol. The molecule has 1 aliphatic carbocycles. The third kappa shape index (κ3) is 3.50. The van der Waals surface area contributed by atoms with Crippen LogP contribution in [0.2, 0.25) is 10.0 Å². The Hall–Kier alpha value is -0.500. The highest BCUT2D eigenvalue weighted by Crippen LogP contribution is 2.33. The number of rotatable bonds is 5. The maximum atomic E-state index is 6.10. The van der Waals surface area contributed by atoms with E-state index < -0.39 is 0 Å². The first-order chi connectivity index (χ1) is 8.70. The summed E-state index contributed by atoms with van der Waals surface area (Å²) in [7, 11) is 0. The van der Waals surface area contributed by atoms with Crippen molar-refractivity contribution in [2.75, 3.05) is 6.54 Å². The van der Waals surface area contributed by atoms with Crippen LogP contribution in [0.25, 0.3) is 0 Å². The molecule has 1 nitrogen and oxygen atoms in total. The zero-order chi connectivity index (χ0) is 13.0. The molecule has 0 amide bonds. The van der Waals surface area contributed by atoms with Gasteiger partial charge in [0.25, 0.3) is 0 Å². The number of nitrogens with one attached hydrogen (secondary N) is 1. The van der Waals surface area contributed by atoms with Gasteiger partial charge in [-0.1, -0.05) is 41.8 Å². The zero-order valence-electron chi connectivity index (χ0n) is 10.7. The van der Waals surface area contributed by atoms with E-state index in [2.05, 4.69) is 18.3 Å². The number of benzene rings is 1. The van der Waals surface area contributed by atoms with E-state index in [1.807, 2.05) is 12.1 Å². The molecule has 2 rings (SSSR count). The van der Waals surface area contributed by atoms with E-state index in [-0.39, 0.29) is 6.04 Å². The van der Waals surface area contributed by atoms with Crippen molar-refractivity contribution < 1.29 is 0 Å². The van der Waals surface area contributed by atoms with Gasteiger partial charge < -0.3 is 5.32 Å². The van der Waals surface area contributed by atoms with Gasteiger partial charge in [0.15, 0.2) is 0 Å². The van der Waals surface area contributed by atoms with Crippen LogP contribution < -0.4 is 5.32 Å². The summed E-state index contributed by atoms with van der Waals surface area (Å²) in [5.41, 5.74) is 2.65. The fourth-order valence-corrected chi connectivity index (χ4v) is 2.99. The summed E-state index contributed by atoms with van der Waals surface area (Å²) in [4.78, 5) is 0. The molecule has 0 radical (unpaired) electrons. The van der Waals surface area contributed by atoms with Gasteiger partial charge >= 0.3 is 0 Å². The molecule has 1 aliphatic rings. The summed E-state index contributed by atoms with van der Waals surface area (Å²) < 4.78 is 0. The molecule has 0 aromatic heterocycles. The quantitative estimate of drug-likeness (QED) is 0.738. The molecule has 0 saturated carbocycles. The molecule has 1 atom stereocenters. The molecule has 1 unspecified atom stereocenters. The lowest BCUT2D eigenvalue weighted by Gasteiger charge is -2.21. The Morgan fingerprint density at radius 1 is 1.22 bits per heavy atom. The Bertz CT molecular complexity index is 420. The van der Waals surface area contributed by atoms with Gasteiger partial charge in [-0.05, 0) is 56.0 Å². The van der Waals surface area contributed by atoms with E-state index in [4.69, 9.17) is 23.2 Å². The number of allylic oxidation sites excluding steroid dienone is 1. The smallest absolute Gasteiger partial charge is 0.0537 e. The lowest BCUT2D eigenvalue weighted by molar-refractivity contribution is 0.578. The summed E-state index contributed by atoms with van der Waals surface area (Å²) in [6, 6.07) is 6.08. The summed E-state index contributed by atoms with van der Waals surface area (Å²) >= 11 is 12.2. The van der Waals surface area contributed by atoms with Gasteiger partial charge in [-0.3, -0.25) is 0 Å². The Kier molecular flexibility index (Phi) is 5.11. The normalized spacial score (nSPS) is 16.7. The standard InChI is InChI=1S/C15H19Cl2N/c1-2-7-18-15(11-5-3-4-6-11)12-8-13(16)10-14(17)9-12/h5,8-10,15,18H,2-4,6-7H2,1H3. The van der Waals surface area contributed by atoms with Crippen LogP contribution in [0.1, 0.15) is 44.2 Å². The lowest BCUT2D eigenvalue weighted by atomic mass is 9.98. The molecule has 3 heteroatoms. The predicted octanol–water partition coefficient (Wildman–Crippen LogP) is 5.14. The Morgan fingerprint density at radius 3 is 2.50 bits per heavy atom. The van der Waals surface area contributed by atoms with Crippen molar-refractivity contribution >= 4 is 23.2 Å². The van der Waals surface area contributed by atoms with E-state index in [9.17, 15) is 0 Å². The maximum absolute atomic E-state index is 6.10. The average molecular weight is 284 g/mol. The van der Waals surface area contributed by atoms with Crippen molar-refractivity contribution in [1.29, 1.82) is 0 Å². The van der Waals surface area contributed by atoms with Crippen LogP contribution in [0.3, 0.4) is 0 Å². The van der Waals surface area contributed by atoms with Crippen molar-refractivity contribution in [3.05, 3.63) is 45.5 Å². The summed E-state index contributed by atoms with van der Waals surface area (Å²) in [5.74, 6) is 0. The van der Waals surface area contributed by atoms with Crippen molar-refractivity contribution in [3.8, 4) is 0 Å². The SMILES string of the molecule is CCCNC(C1=CCCC1)c1cc(Cl)cc(Cl)c1. The third-order valence-corrected chi connectivity index (χ3v) is 3.70. The molecule has 18 heavy (non-hydrogen) atoms. The molecule has 0 spiro atoms. The maximum Gasteiger partial charge on any atom is 0.0537 e. The first-order valence-corrected chi connectivity index (χ1v) is 7.34. The molecule has 0 fully saturated rings. The Morgan fingerprint density at radius 2 is 1.94 bits per heavy atom. The second kappa shape index (κ2) is 6.60. The molecule has 0 heterocycles. The monoisotopic (exact) mass is 283 g/mol. The Balaban J connectivity index is 2.26. The summed E-state index contributed by atoms with van der Waals surface area (Å²) in [6.45, 7) is 3.18. The predicted molar refractivity (Wildman–Crippen MR) is 79.4 cm³/mol. The average Bonchev–Trinajstić information content (AvgIpc) is 2.82. The molecule has 0 saturated heterocycles. The summed E-state index contributed by atoms with van der Waals surface area (Å²) in [6.07, 6.45) is 7.09. The van der Waals surface area contributed by atoms with Gasteiger partial charge in [-0.15, -0.1) is 0 Å². The van der Waals surface area contributed by atoms with Crippen LogP contribution in [0.5, 0.6) is 0 Å². The van der Waals surface area contributed by atoms with Crippen LogP contribution in [0.4, 0.5) is 0 Å². The molecule has 1 N–H and O–H groups in total. The van der Waals surface area contributed by atoms with Crippen molar-refractivity contribution in [1.82, 2.24) is 5.32 Å². The number of halogens is 2. The van der Waals surface area contributed by atoms with Crippen molar-refractivity contribution in [3.63, 3.8) is 0 Å². The van der Waals surface area contributed by atoms with E-state index >= 15 is 0 Å². The van der Waals surface area contributed by atoms with E-state index in [1.54, 1.807) is 6.07 Å². The third-order valence-electron chi connectivity index (χ3n) is 3.26. The molecular formula is C15H19Cl2N. The van der Waals surface area contributed by atoms with Crippen LogP contribution in [-0.4, -0.2) is 6.54 Å². The second-order valence-corrected chi connectivity index (χ2v) is 5.63. The van der Waals surface area contributed by atoms with Gasteiger partial charge in [-0.2, -0.15) is 0 Å². The Labute approximate surface area is 119 Å². The highest BCUT2D eigenvalue weighted by atomic mass is 35.5. The minimum Gasteiger partial charge on any atom is -0.307 e. The highest BCUT2D eigenvalue weighted by Gasteiger charge is 2.19. The van der Waals surface area contributed by atoms with Crippen LogP contribution >= 0.6 is 23.2 Å². The van der Waals surface area contributed by atoms with Crippen LogP contribution in [0, 0.1) is 0 Å². The van der Waals surface area contributed by atoms with Gasteiger partial charge in [0.1, 0.15) is 0 Å². The van der Waals surface area contributed by atoms with E-state index in [0.717, 1.165) is 13.0 Å². The van der Waals surface area contributed by atoms with Crippen LogP contribution in [-0.2, 0) is 0 Å². The minimum absolute atomic E-state index is 0.267. The van der Waals surface area contributed by atoms with E-state index in [0.29, 0.717) is 10.0 Å². The number of hydrogen-bond donors (Lipinski definition) is 1. The fourth-order valence-electron chi connectivity index (χ4n) is 2.45. The lowest BCUT2D eigenvalue weighted by Crippen LogP contribution is -2.23. The number of hydrogen-bond acceptors (Lipinski definition) is 1. The van der Waals surface area contributed by atoms with Gasteiger partial charge in [0.05, 0.1) is 6.04 Å². The van der Waals surface area contributed by atoms with Crippen molar-refractivity contribution in [2.45, 2.75) is 38.6 Å². The molecule has 1 aromatic carbocycles. The topological polar surface area (TPSA) is 12.0 Å². The molecule has 0 bridgehead atoms. The van der Waals surface area contributed by atoms with E-state index in [1.165, 1.54) is 30.4 Å². The first-order valence-electron chi connectivity index (χ1n) is 6.59. The van der Waals surface area contributed by atoms with Gasteiger partial charge in [-0.25, -0.2) is 0 Å². The largest absolute Gasteiger partial charge is 0.307 e. The first kappa shape index (κ1) is 13.9. The second-order valence-electron chi connectivity index (χ2n) is 4.76. The highest BCUT2D eigenvalue weighted by molar-refractivity contribution is 6.34.